The van der Waals surface area contributed by atoms with Gasteiger partial charge in [-0.05, 0) is 33.2 Å². The molecule has 20 heavy (non-hydrogen) atoms. The highest BCUT2D eigenvalue weighted by Gasteiger charge is 2.47. The van der Waals surface area contributed by atoms with Gasteiger partial charge in [0.15, 0.2) is 0 Å². The largest absolute Gasteiger partial charge is 0.298 e. The maximum Gasteiger partial charge on any atom is 0.275 e. The third-order valence-corrected chi connectivity index (χ3v) is 4.70. The molecule has 2 fully saturated rings. The fraction of sp³-hybridized carbons (Fsp3) is 1.00. The molecule has 0 amide bonds. The Bertz CT molecular complexity index is 301. The van der Waals surface area contributed by atoms with Gasteiger partial charge < -0.3 is 0 Å². The molecule has 2 heterocycles. The summed E-state index contributed by atoms with van der Waals surface area (Å²) in [4.78, 5) is 6.32. The van der Waals surface area contributed by atoms with Crippen molar-refractivity contribution in [2.45, 2.75) is 51.6 Å². The van der Waals surface area contributed by atoms with E-state index in [1.54, 1.807) is 0 Å². The Labute approximate surface area is 121 Å². The van der Waals surface area contributed by atoms with E-state index in [4.69, 9.17) is 0 Å². The SMILES string of the molecule is CCCN1CCC(N2CCN(C(C)C)CC2)C(F)(F)C1. The van der Waals surface area contributed by atoms with E-state index in [2.05, 4.69) is 25.7 Å². The monoisotopic (exact) mass is 289 g/mol. The number of likely N-dealkylation sites (tertiary alicyclic amines) is 1. The van der Waals surface area contributed by atoms with Gasteiger partial charge >= 0.3 is 0 Å². The van der Waals surface area contributed by atoms with E-state index in [-0.39, 0.29) is 6.54 Å². The number of alkyl halides is 2. The molecule has 0 aromatic heterocycles. The molecule has 118 valence electrons. The molecule has 1 unspecified atom stereocenters. The summed E-state index contributed by atoms with van der Waals surface area (Å²) in [7, 11) is 0. The maximum absolute atomic E-state index is 14.4. The average Bonchev–Trinajstić information content (AvgIpc) is 2.38. The molecule has 2 aliphatic rings. The minimum atomic E-state index is -2.56. The molecule has 0 bridgehead atoms. The Hall–Kier alpha value is -0.260. The van der Waals surface area contributed by atoms with Crippen LogP contribution < -0.4 is 0 Å². The molecule has 0 saturated carbocycles. The molecular weight excluding hydrogens is 260 g/mol. The third kappa shape index (κ3) is 3.68. The quantitative estimate of drug-likeness (QED) is 0.785. The van der Waals surface area contributed by atoms with Gasteiger partial charge in [0.05, 0.1) is 12.6 Å². The number of nitrogens with zero attached hydrogens (tertiary/aromatic N) is 3. The second-order valence-electron chi connectivity index (χ2n) is 6.51. The van der Waals surface area contributed by atoms with Crippen molar-refractivity contribution < 1.29 is 8.78 Å². The van der Waals surface area contributed by atoms with Crippen molar-refractivity contribution in [3.8, 4) is 0 Å². The maximum atomic E-state index is 14.4. The molecule has 0 aliphatic carbocycles. The van der Waals surface area contributed by atoms with Gasteiger partial charge in [-0.3, -0.25) is 14.7 Å². The number of piperazine rings is 1. The molecule has 2 aliphatic heterocycles. The molecule has 2 saturated heterocycles. The Morgan fingerprint density at radius 3 is 2.25 bits per heavy atom. The smallest absolute Gasteiger partial charge is 0.275 e. The van der Waals surface area contributed by atoms with E-state index in [1.807, 2.05) is 9.80 Å². The van der Waals surface area contributed by atoms with E-state index in [9.17, 15) is 8.78 Å². The van der Waals surface area contributed by atoms with Crippen molar-refractivity contribution in [2.75, 3.05) is 45.8 Å². The zero-order valence-electron chi connectivity index (χ0n) is 13.1. The lowest BCUT2D eigenvalue weighted by molar-refractivity contribution is -0.134. The topological polar surface area (TPSA) is 9.72 Å². The van der Waals surface area contributed by atoms with Gasteiger partial charge in [-0.25, -0.2) is 8.78 Å². The van der Waals surface area contributed by atoms with E-state index >= 15 is 0 Å². The molecule has 0 N–H and O–H groups in total. The van der Waals surface area contributed by atoms with Gasteiger partial charge in [0.25, 0.3) is 5.92 Å². The number of hydrogen-bond acceptors (Lipinski definition) is 3. The van der Waals surface area contributed by atoms with E-state index in [0.29, 0.717) is 12.5 Å². The van der Waals surface area contributed by atoms with Crippen LogP contribution in [0.15, 0.2) is 0 Å². The summed E-state index contributed by atoms with van der Waals surface area (Å²) in [5.41, 5.74) is 0. The first-order valence-corrected chi connectivity index (χ1v) is 8.02. The molecule has 0 aromatic rings. The predicted molar refractivity (Wildman–Crippen MR) is 78.4 cm³/mol. The number of piperidine rings is 1. The van der Waals surface area contributed by atoms with Gasteiger partial charge in [0.2, 0.25) is 0 Å². The van der Waals surface area contributed by atoms with E-state index in [0.717, 1.165) is 45.7 Å². The van der Waals surface area contributed by atoms with Crippen molar-refractivity contribution >= 4 is 0 Å². The standard InChI is InChI=1S/C15H29F2N3/c1-4-6-18-7-5-14(15(16,17)12-18)20-10-8-19(9-11-20)13(2)3/h13-14H,4-12H2,1-3H3. The first-order chi connectivity index (χ1) is 9.44. The van der Waals surface area contributed by atoms with Crippen molar-refractivity contribution in [3.63, 3.8) is 0 Å². The van der Waals surface area contributed by atoms with Crippen LogP contribution in [0.2, 0.25) is 0 Å². The van der Waals surface area contributed by atoms with Crippen LogP contribution in [-0.2, 0) is 0 Å². The minimum absolute atomic E-state index is 0.0596. The van der Waals surface area contributed by atoms with Gasteiger partial charge in [0.1, 0.15) is 0 Å². The van der Waals surface area contributed by atoms with E-state index in [1.165, 1.54) is 0 Å². The zero-order valence-corrected chi connectivity index (χ0v) is 13.1. The second-order valence-corrected chi connectivity index (χ2v) is 6.51. The first kappa shape index (κ1) is 16.1. The summed E-state index contributed by atoms with van der Waals surface area (Å²) in [6.45, 7) is 11.4. The van der Waals surface area contributed by atoms with Crippen LogP contribution in [0.5, 0.6) is 0 Å². The molecule has 0 aromatic carbocycles. The average molecular weight is 289 g/mol. The van der Waals surface area contributed by atoms with Crippen LogP contribution in [-0.4, -0.2) is 78.5 Å². The Morgan fingerprint density at radius 2 is 1.75 bits per heavy atom. The summed E-state index contributed by atoms with van der Waals surface area (Å²) >= 11 is 0. The Kier molecular flexibility index (Phi) is 5.37. The Balaban J connectivity index is 1.90. The van der Waals surface area contributed by atoms with Gasteiger partial charge in [-0.15, -0.1) is 0 Å². The molecule has 2 rings (SSSR count). The lowest BCUT2D eigenvalue weighted by atomic mass is 9.98. The molecular formula is C15H29F2N3. The summed E-state index contributed by atoms with van der Waals surface area (Å²) < 4.78 is 28.8. The van der Waals surface area contributed by atoms with E-state index < -0.39 is 12.0 Å². The van der Waals surface area contributed by atoms with Gasteiger partial charge in [0, 0.05) is 38.8 Å². The molecule has 3 nitrogen and oxygen atoms in total. The summed E-state index contributed by atoms with van der Waals surface area (Å²) in [6.07, 6.45) is 1.56. The highest BCUT2D eigenvalue weighted by molar-refractivity contribution is 4.94. The predicted octanol–water partition coefficient (Wildman–Crippen LogP) is 2.13. The lowest BCUT2D eigenvalue weighted by Gasteiger charge is -2.47. The molecule has 5 heteroatoms. The normalized spacial score (nSPS) is 30.0. The minimum Gasteiger partial charge on any atom is -0.298 e. The summed E-state index contributed by atoms with van der Waals surface area (Å²) in [5, 5.41) is 0. The third-order valence-electron chi connectivity index (χ3n) is 4.70. The van der Waals surface area contributed by atoms with Crippen LogP contribution in [0.1, 0.15) is 33.6 Å². The van der Waals surface area contributed by atoms with Crippen molar-refractivity contribution in [2.24, 2.45) is 0 Å². The highest BCUT2D eigenvalue weighted by atomic mass is 19.3. The van der Waals surface area contributed by atoms with Crippen molar-refractivity contribution in [1.29, 1.82) is 0 Å². The van der Waals surface area contributed by atoms with Crippen LogP contribution in [0, 0.1) is 0 Å². The molecule has 0 spiro atoms. The number of rotatable bonds is 4. The van der Waals surface area contributed by atoms with Gasteiger partial charge in [-0.1, -0.05) is 6.92 Å². The van der Waals surface area contributed by atoms with Crippen LogP contribution in [0.4, 0.5) is 8.78 Å². The Morgan fingerprint density at radius 1 is 1.10 bits per heavy atom. The second kappa shape index (κ2) is 6.67. The van der Waals surface area contributed by atoms with Crippen LogP contribution in [0.3, 0.4) is 0 Å². The first-order valence-electron chi connectivity index (χ1n) is 8.02. The fourth-order valence-corrected chi connectivity index (χ4v) is 3.52. The van der Waals surface area contributed by atoms with Crippen LogP contribution >= 0.6 is 0 Å². The number of halogens is 2. The zero-order chi connectivity index (χ0) is 14.8. The fourth-order valence-electron chi connectivity index (χ4n) is 3.52. The van der Waals surface area contributed by atoms with Crippen molar-refractivity contribution in [1.82, 2.24) is 14.7 Å². The molecule has 1 atom stereocenters. The summed E-state index contributed by atoms with van der Waals surface area (Å²) in [6, 6.07) is -0.0334. The lowest BCUT2D eigenvalue weighted by Crippen LogP contribution is -2.62. The summed E-state index contributed by atoms with van der Waals surface area (Å²) in [5.74, 6) is -2.56. The molecule has 0 radical (unpaired) electrons. The van der Waals surface area contributed by atoms with Gasteiger partial charge in [-0.2, -0.15) is 0 Å². The highest BCUT2D eigenvalue weighted by Crippen LogP contribution is 2.32. The van der Waals surface area contributed by atoms with Crippen LogP contribution in [0.25, 0.3) is 0 Å². The number of hydrogen-bond donors (Lipinski definition) is 0. The van der Waals surface area contributed by atoms with Crippen molar-refractivity contribution in [3.05, 3.63) is 0 Å².